The van der Waals surface area contributed by atoms with Crippen molar-refractivity contribution in [2.75, 3.05) is 11.9 Å². The van der Waals surface area contributed by atoms with Gasteiger partial charge in [-0.05, 0) is 24.3 Å². The van der Waals surface area contributed by atoms with Crippen LogP contribution in [-0.4, -0.2) is 16.5 Å². The van der Waals surface area contributed by atoms with Gasteiger partial charge >= 0.3 is 5.69 Å². The van der Waals surface area contributed by atoms with Crippen molar-refractivity contribution in [3.63, 3.8) is 0 Å². The zero-order chi connectivity index (χ0) is 12.5. The van der Waals surface area contributed by atoms with Crippen molar-refractivity contribution >= 4 is 23.1 Å². The molecule has 0 bridgehead atoms. The highest BCUT2D eigenvalue weighted by atomic mass is 35.5. The highest BCUT2D eigenvalue weighted by Gasteiger charge is 2.32. The highest BCUT2D eigenvalue weighted by molar-refractivity contribution is 6.29. The van der Waals surface area contributed by atoms with Gasteiger partial charge in [0, 0.05) is 12.6 Å². The van der Waals surface area contributed by atoms with Crippen LogP contribution in [0.15, 0.2) is 12.1 Å². The smallest absolute Gasteiger partial charge is 0.311 e. The molecule has 6 heteroatoms. The Morgan fingerprint density at radius 3 is 2.82 bits per heavy atom. The number of pyridine rings is 1. The van der Waals surface area contributed by atoms with Crippen LogP contribution in [0.3, 0.4) is 0 Å². The molecule has 1 aliphatic rings. The maximum absolute atomic E-state index is 10.8. The van der Waals surface area contributed by atoms with Crippen LogP contribution in [0.2, 0.25) is 5.15 Å². The highest BCUT2D eigenvalue weighted by Crippen LogP contribution is 2.40. The number of nitrogens with one attached hydrogen (secondary N) is 1. The molecule has 0 saturated heterocycles. The van der Waals surface area contributed by atoms with Gasteiger partial charge in [0.2, 0.25) is 5.82 Å². The molecular formula is C11H14ClN3O2. The van der Waals surface area contributed by atoms with Gasteiger partial charge in [0.25, 0.3) is 0 Å². The maximum atomic E-state index is 10.8. The summed E-state index contributed by atoms with van der Waals surface area (Å²) >= 11 is 5.75. The summed E-state index contributed by atoms with van der Waals surface area (Å²) in [6.07, 6.45) is 3.52. The molecule has 0 aromatic carbocycles. The molecule has 1 N–H and O–H groups in total. The summed E-state index contributed by atoms with van der Waals surface area (Å²) < 4.78 is 0. The van der Waals surface area contributed by atoms with Crippen molar-refractivity contribution < 1.29 is 4.92 Å². The molecule has 1 aromatic rings. The first-order chi connectivity index (χ1) is 8.00. The molecule has 0 radical (unpaired) electrons. The first-order valence-electron chi connectivity index (χ1n) is 5.55. The van der Waals surface area contributed by atoms with E-state index in [1.54, 1.807) is 0 Å². The van der Waals surface area contributed by atoms with E-state index < -0.39 is 4.92 Å². The predicted molar refractivity (Wildman–Crippen MR) is 66.3 cm³/mol. The van der Waals surface area contributed by atoms with E-state index in [0.29, 0.717) is 6.54 Å². The summed E-state index contributed by atoms with van der Waals surface area (Å²) in [5, 5.41) is 14.1. The molecule has 0 atom stereocenters. The minimum Gasteiger partial charge on any atom is -0.364 e. The van der Waals surface area contributed by atoms with Gasteiger partial charge in [-0.25, -0.2) is 4.98 Å². The van der Waals surface area contributed by atoms with Gasteiger partial charge in [0.05, 0.1) is 4.92 Å². The molecule has 0 aliphatic heterocycles. The molecule has 1 saturated carbocycles. The third kappa shape index (κ3) is 2.66. The van der Waals surface area contributed by atoms with E-state index in [0.717, 1.165) is 12.8 Å². The SMILES string of the molecule is CC1(CNc2nc(Cl)ccc2[N+](=O)[O-])CCC1. The average molecular weight is 256 g/mol. The molecule has 1 aromatic heterocycles. The second kappa shape index (κ2) is 4.49. The largest absolute Gasteiger partial charge is 0.364 e. The summed E-state index contributed by atoms with van der Waals surface area (Å²) in [5.41, 5.74) is 0.204. The molecule has 1 aliphatic carbocycles. The lowest BCUT2D eigenvalue weighted by atomic mass is 9.70. The number of halogens is 1. The van der Waals surface area contributed by atoms with Crippen LogP contribution in [0.1, 0.15) is 26.2 Å². The first-order valence-corrected chi connectivity index (χ1v) is 5.93. The molecule has 0 amide bonds. The fourth-order valence-electron chi connectivity index (χ4n) is 1.96. The van der Waals surface area contributed by atoms with E-state index in [2.05, 4.69) is 17.2 Å². The Hall–Kier alpha value is -1.36. The van der Waals surface area contributed by atoms with Crippen LogP contribution < -0.4 is 5.32 Å². The normalized spacial score (nSPS) is 17.3. The van der Waals surface area contributed by atoms with E-state index in [1.165, 1.54) is 18.6 Å². The van der Waals surface area contributed by atoms with Crippen molar-refractivity contribution in [3.05, 3.63) is 27.4 Å². The van der Waals surface area contributed by atoms with E-state index in [1.807, 2.05) is 0 Å². The summed E-state index contributed by atoms with van der Waals surface area (Å²) in [6, 6.07) is 2.80. The van der Waals surface area contributed by atoms with Crippen LogP contribution in [0, 0.1) is 15.5 Å². The minimum absolute atomic E-state index is 0.0303. The first kappa shape index (κ1) is 12.1. The van der Waals surface area contributed by atoms with E-state index >= 15 is 0 Å². The summed E-state index contributed by atoms with van der Waals surface area (Å²) in [7, 11) is 0. The molecule has 0 unspecified atom stereocenters. The molecule has 1 heterocycles. The van der Waals surface area contributed by atoms with Crippen LogP contribution in [-0.2, 0) is 0 Å². The van der Waals surface area contributed by atoms with Gasteiger partial charge in [-0.2, -0.15) is 0 Å². The lowest BCUT2D eigenvalue weighted by Crippen LogP contribution is -2.33. The third-order valence-electron chi connectivity index (χ3n) is 3.28. The Balaban J connectivity index is 2.13. The molecule has 1 fully saturated rings. The lowest BCUT2D eigenvalue weighted by molar-refractivity contribution is -0.384. The van der Waals surface area contributed by atoms with Gasteiger partial charge < -0.3 is 5.32 Å². The Labute approximate surface area is 104 Å². The van der Waals surface area contributed by atoms with Gasteiger partial charge in [0.15, 0.2) is 0 Å². The number of nitrogens with zero attached hydrogens (tertiary/aromatic N) is 2. The quantitative estimate of drug-likeness (QED) is 0.509. The summed E-state index contributed by atoms with van der Waals surface area (Å²) in [4.78, 5) is 14.3. The monoisotopic (exact) mass is 255 g/mol. The van der Waals surface area contributed by atoms with Crippen molar-refractivity contribution in [2.24, 2.45) is 5.41 Å². The second-order valence-electron chi connectivity index (χ2n) is 4.78. The fourth-order valence-corrected chi connectivity index (χ4v) is 2.11. The topological polar surface area (TPSA) is 68.1 Å². The molecule has 92 valence electrons. The Morgan fingerprint density at radius 1 is 1.59 bits per heavy atom. The van der Waals surface area contributed by atoms with Crippen LogP contribution in [0.5, 0.6) is 0 Å². The number of aromatic nitrogens is 1. The standard InChI is InChI=1S/C11H14ClN3O2/c1-11(5-2-6-11)7-13-10-8(15(16)17)3-4-9(12)14-10/h3-4H,2,5-7H2,1H3,(H,13,14). The molecular weight excluding hydrogens is 242 g/mol. The molecule has 2 rings (SSSR count). The van der Waals surface area contributed by atoms with Crippen LogP contribution in [0.4, 0.5) is 11.5 Å². The lowest BCUT2D eigenvalue weighted by Gasteiger charge is -2.38. The van der Waals surface area contributed by atoms with Crippen molar-refractivity contribution in [1.29, 1.82) is 0 Å². The number of anilines is 1. The Kier molecular flexibility index (Phi) is 3.19. The number of rotatable bonds is 4. The number of nitro groups is 1. The molecule has 5 nitrogen and oxygen atoms in total. The van der Waals surface area contributed by atoms with E-state index in [9.17, 15) is 10.1 Å². The van der Waals surface area contributed by atoms with Gasteiger partial charge in [-0.15, -0.1) is 0 Å². The van der Waals surface area contributed by atoms with Crippen LogP contribution in [0.25, 0.3) is 0 Å². The fraction of sp³-hybridized carbons (Fsp3) is 0.545. The minimum atomic E-state index is -0.450. The third-order valence-corrected chi connectivity index (χ3v) is 3.49. The Morgan fingerprint density at radius 2 is 2.29 bits per heavy atom. The summed E-state index contributed by atoms with van der Waals surface area (Å²) in [5.74, 6) is 0.260. The zero-order valence-electron chi connectivity index (χ0n) is 9.57. The van der Waals surface area contributed by atoms with E-state index in [4.69, 9.17) is 11.6 Å². The zero-order valence-corrected chi connectivity index (χ0v) is 10.3. The van der Waals surface area contributed by atoms with Crippen LogP contribution >= 0.6 is 11.6 Å². The second-order valence-corrected chi connectivity index (χ2v) is 5.16. The number of hydrogen-bond donors (Lipinski definition) is 1. The summed E-state index contributed by atoms with van der Waals surface area (Å²) in [6.45, 7) is 2.86. The molecule has 0 spiro atoms. The van der Waals surface area contributed by atoms with Crippen molar-refractivity contribution in [2.45, 2.75) is 26.2 Å². The maximum Gasteiger partial charge on any atom is 0.311 e. The Bertz CT molecular complexity index is 446. The van der Waals surface area contributed by atoms with Gasteiger partial charge in [0.1, 0.15) is 5.15 Å². The van der Waals surface area contributed by atoms with Crippen molar-refractivity contribution in [1.82, 2.24) is 4.98 Å². The molecule has 17 heavy (non-hydrogen) atoms. The number of hydrogen-bond acceptors (Lipinski definition) is 4. The predicted octanol–water partition coefficient (Wildman–Crippen LogP) is 3.25. The average Bonchev–Trinajstić information content (AvgIpc) is 2.23. The van der Waals surface area contributed by atoms with Gasteiger partial charge in [-0.3, -0.25) is 10.1 Å². The van der Waals surface area contributed by atoms with Gasteiger partial charge in [-0.1, -0.05) is 24.9 Å². The van der Waals surface area contributed by atoms with E-state index in [-0.39, 0.29) is 22.1 Å². The van der Waals surface area contributed by atoms with Crippen molar-refractivity contribution in [3.8, 4) is 0 Å².